The molecular formula is C21H23FN4O. The molecule has 1 saturated heterocycles. The van der Waals surface area contributed by atoms with Gasteiger partial charge in [0.1, 0.15) is 11.6 Å². The number of fused-ring (bicyclic) bond motifs is 2. The number of piperazine rings is 1. The standard InChI is InChI=1S/C21H23FN4O/c1-25-6-8-26(9-7-25)13-21-24-19-10-14(2-5-20(19)27-21)17-12-23-18-11-15(22)3-4-16(17)18/h2-5,10-12,21,23-24H,6-9,13H2,1H3. The van der Waals surface area contributed by atoms with E-state index in [0.717, 1.165) is 66.2 Å². The largest absolute Gasteiger partial charge is 0.467 e. The van der Waals surface area contributed by atoms with Gasteiger partial charge in [0.15, 0.2) is 6.23 Å². The summed E-state index contributed by atoms with van der Waals surface area (Å²) in [5, 5.41) is 4.52. The average Bonchev–Trinajstić information content (AvgIpc) is 3.25. The minimum atomic E-state index is -0.230. The van der Waals surface area contributed by atoms with Crippen molar-refractivity contribution in [3.8, 4) is 16.9 Å². The van der Waals surface area contributed by atoms with Crippen LogP contribution in [0.5, 0.6) is 5.75 Å². The molecule has 6 heteroatoms. The molecule has 5 nitrogen and oxygen atoms in total. The summed E-state index contributed by atoms with van der Waals surface area (Å²) in [5.41, 5.74) is 3.98. The second-order valence-corrected chi connectivity index (χ2v) is 7.46. The summed E-state index contributed by atoms with van der Waals surface area (Å²) >= 11 is 0. The van der Waals surface area contributed by atoms with Crippen molar-refractivity contribution in [3.63, 3.8) is 0 Å². The Balaban J connectivity index is 1.35. The van der Waals surface area contributed by atoms with Gasteiger partial charge in [0.05, 0.1) is 12.2 Å². The highest BCUT2D eigenvalue weighted by Gasteiger charge is 2.26. The Morgan fingerprint density at radius 2 is 1.96 bits per heavy atom. The normalized spacial score (nSPS) is 20.4. The van der Waals surface area contributed by atoms with E-state index in [2.05, 4.69) is 39.3 Å². The maximum Gasteiger partial charge on any atom is 0.182 e. The first kappa shape index (κ1) is 16.6. The topological polar surface area (TPSA) is 43.5 Å². The molecule has 1 unspecified atom stereocenters. The lowest BCUT2D eigenvalue weighted by Crippen LogP contribution is -2.48. The number of nitrogens with one attached hydrogen (secondary N) is 2. The van der Waals surface area contributed by atoms with E-state index in [1.165, 1.54) is 12.1 Å². The number of ether oxygens (including phenoxy) is 1. The quantitative estimate of drug-likeness (QED) is 0.746. The van der Waals surface area contributed by atoms with Crippen molar-refractivity contribution in [3.05, 3.63) is 48.4 Å². The maximum atomic E-state index is 13.4. The molecule has 1 aromatic heterocycles. The van der Waals surface area contributed by atoms with Crippen LogP contribution in [0.1, 0.15) is 0 Å². The Labute approximate surface area is 157 Å². The van der Waals surface area contributed by atoms with Crippen LogP contribution in [-0.4, -0.2) is 60.8 Å². The number of rotatable bonds is 3. The predicted molar refractivity (Wildman–Crippen MR) is 106 cm³/mol. The number of likely N-dealkylation sites (N-methyl/N-ethyl adjacent to an activating group) is 1. The van der Waals surface area contributed by atoms with Gasteiger partial charge in [-0.05, 0) is 42.9 Å². The first-order valence-corrected chi connectivity index (χ1v) is 9.41. The molecular weight excluding hydrogens is 343 g/mol. The van der Waals surface area contributed by atoms with Gasteiger partial charge in [-0.15, -0.1) is 0 Å². The molecule has 0 bridgehead atoms. The molecule has 27 heavy (non-hydrogen) atoms. The molecule has 0 spiro atoms. The van der Waals surface area contributed by atoms with Gasteiger partial charge in [-0.3, -0.25) is 4.90 Å². The lowest BCUT2D eigenvalue weighted by molar-refractivity contribution is 0.111. The van der Waals surface area contributed by atoms with Crippen LogP contribution in [0, 0.1) is 5.82 Å². The van der Waals surface area contributed by atoms with E-state index in [4.69, 9.17) is 4.74 Å². The average molecular weight is 366 g/mol. The summed E-state index contributed by atoms with van der Waals surface area (Å²) in [5.74, 6) is 0.662. The monoisotopic (exact) mass is 366 g/mol. The van der Waals surface area contributed by atoms with Crippen molar-refractivity contribution in [1.29, 1.82) is 0 Å². The molecule has 0 radical (unpaired) electrons. The molecule has 1 atom stereocenters. The van der Waals surface area contributed by atoms with Crippen LogP contribution in [-0.2, 0) is 0 Å². The minimum Gasteiger partial charge on any atom is -0.467 e. The van der Waals surface area contributed by atoms with Crippen LogP contribution in [0.4, 0.5) is 10.1 Å². The minimum absolute atomic E-state index is 0.0179. The summed E-state index contributed by atoms with van der Waals surface area (Å²) in [7, 11) is 2.16. The number of aromatic nitrogens is 1. The zero-order valence-electron chi connectivity index (χ0n) is 15.3. The smallest absolute Gasteiger partial charge is 0.182 e. The first-order valence-electron chi connectivity index (χ1n) is 9.41. The van der Waals surface area contributed by atoms with Crippen molar-refractivity contribution in [2.75, 3.05) is 45.1 Å². The number of hydrogen-bond donors (Lipinski definition) is 2. The number of nitrogens with zero attached hydrogens (tertiary/aromatic N) is 2. The van der Waals surface area contributed by atoms with Crippen molar-refractivity contribution < 1.29 is 9.13 Å². The Morgan fingerprint density at radius 3 is 2.81 bits per heavy atom. The molecule has 0 amide bonds. The fourth-order valence-corrected chi connectivity index (χ4v) is 3.95. The summed E-state index contributed by atoms with van der Waals surface area (Å²) in [6.07, 6.45) is 1.92. The molecule has 2 aromatic carbocycles. The van der Waals surface area contributed by atoms with Gasteiger partial charge in [0.25, 0.3) is 0 Å². The Bertz CT molecular complexity index is 977. The SMILES string of the molecule is CN1CCN(CC2Nc3cc(-c4c[nH]c5cc(F)ccc45)ccc3O2)CC1. The van der Waals surface area contributed by atoms with E-state index >= 15 is 0 Å². The van der Waals surface area contributed by atoms with Gasteiger partial charge >= 0.3 is 0 Å². The van der Waals surface area contributed by atoms with Gasteiger partial charge in [0.2, 0.25) is 0 Å². The molecule has 0 aliphatic carbocycles. The van der Waals surface area contributed by atoms with Gasteiger partial charge in [-0.2, -0.15) is 0 Å². The molecule has 1 fully saturated rings. The number of benzene rings is 2. The van der Waals surface area contributed by atoms with Crippen LogP contribution in [0.15, 0.2) is 42.6 Å². The summed E-state index contributed by atoms with van der Waals surface area (Å²) in [6.45, 7) is 5.23. The Kier molecular flexibility index (Phi) is 4.02. The van der Waals surface area contributed by atoms with Gasteiger partial charge < -0.3 is 19.9 Å². The first-order chi connectivity index (χ1) is 13.2. The molecule has 3 aromatic rings. The molecule has 0 saturated carbocycles. The van der Waals surface area contributed by atoms with E-state index in [9.17, 15) is 4.39 Å². The van der Waals surface area contributed by atoms with Crippen LogP contribution in [0.2, 0.25) is 0 Å². The van der Waals surface area contributed by atoms with E-state index in [1.807, 2.05) is 18.3 Å². The highest BCUT2D eigenvalue weighted by molar-refractivity contribution is 5.96. The van der Waals surface area contributed by atoms with Crippen LogP contribution in [0.3, 0.4) is 0 Å². The maximum absolute atomic E-state index is 13.4. The van der Waals surface area contributed by atoms with Crippen LogP contribution < -0.4 is 10.1 Å². The number of aromatic amines is 1. The predicted octanol–water partition coefficient (Wildman–Crippen LogP) is 3.35. The third-order valence-corrected chi connectivity index (χ3v) is 5.54. The van der Waals surface area contributed by atoms with Crippen LogP contribution in [0.25, 0.3) is 22.0 Å². The van der Waals surface area contributed by atoms with E-state index in [-0.39, 0.29) is 12.0 Å². The second kappa shape index (κ2) is 6.55. The van der Waals surface area contributed by atoms with E-state index in [1.54, 1.807) is 0 Å². The zero-order valence-corrected chi connectivity index (χ0v) is 15.3. The summed E-state index contributed by atoms with van der Waals surface area (Å²) in [4.78, 5) is 7.96. The highest BCUT2D eigenvalue weighted by atomic mass is 19.1. The van der Waals surface area contributed by atoms with E-state index < -0.39 is 0 Å². The summed E-state index contributed by atoms with van der Waals surface area (Å²) < 4.78 is 19.5. The van der Waals surface area contributed by atoms with Crippen molar-refractivity contribution in [2.45, 2.75) is 6.23 Å². The summed E-state index contributed by atoms with van der Waals surface area (Å²) in [6, 6.07) is 11.0. The third kappa shape index (κ3) is 3.15. The van der Waals surface area contributed by atoms with Crippen molar-refractivity contribution in [1.82, 2.24) is 14.8 Å². The Hall–Kier alpha value is -2.57. The number of hydrogen-bond acceptors (Lipinski definition) is 4. The molecule has 2 N–H and O–H groups in total. The molecule has 2 aliphatic rings. The van der Waals surface area contributed by atoms with Crippen LogP contribution >= 0.6 is 0 Å². The Morgan fingerprint density at radius 1 is 1.11 bits per heavy atom. The second-order valence-electron chi connectivity index (χ2n) is 7.46. The van der Waals surface area contributed by atoms with E-state index in [0.29, 0.717) is 0 Å². The van der Waals surface area contributed by atoms with Crippen molar-refractivity contribution >= 4 is 16.6 Å². The number of H-pyrrole nitrogens is 1. The molecule has 3 heterocycles. The molecule has 5 rings (SSSR count). The van der Waals surface area contributed by atoms with Gasteiger partial charge in [-0.1, -0.05) is 6.07 Å². The molecule has 140 valence electrons. The fourth-order valence-electron chi connectivity index (χ4n) is 3.95. The zero-order chi connectivity index (χ0) is 18.4. The fraction of sp³-hybridized carbons (Fsp3) is 0.333. The lowest BCUT2D eigenvalue weighted by Gasteiger charge is -2.33. The lowest BCUT2D eigenvalue weighted by atomic mass is 10.0. The van der Waals surface area contributed by atoms with Gasteiger partial charge in [0, 0.05) is 48.8 Å². The van der Waals surface area contributed by atoms with Gasteiger partial charge in [-0.25, -0.2) is 4.39 Å². The number of halogens is 1. The molecule has 2 aliphatic heterocycles. The third-order valence-electron chi connectivity index (χ3n) is 5.54. The highest BCUT2D eigenvalue weighted by Crippen LogP contribution is 2.38. The van der Waals surface area contributed by atoms with Crippen molar-refractivity contribution in [2.24, 2.45) is 0 Å². The number of anilines is 1.